The molecule has 0 unspecified atom stereocenters. The van der Waals surface area contributed by atoms with Crippen molar-refractivity contribution in [2.24, 2.45) is 5.92 Å². The van der Waals surface area contributed by atoms with Gasteiger partial charge in [-0.25, -0.2) is 0 Å². The molecule has 2 nitrogen and oxygen atoms in total. The van der Waals surface area contributed by atoms with Gasteiger partial charge in [-0.05, 0) is 60.9 Å². The fourth-order valence-electron chi connectivity index (χ4n) is 3.89. The summed E-state index contributed by atoms with van der Waals surface area (Å²) in [5.41, 5.74) is 2.87. The topological polar surface area (TPSA) is 23.5 Å². The third kappa shape index (κ3) is 1.93. The molecule has 98 valence electrons. The van der Waals surface area contributed by atoms with Crippen molar-refractivity contribution in [3.8, 4) is 5.75 Å². The molecule has 1 saturated heterocycles. The van der Waals surface area contributed by atoms with Crippen molar-refractivity contribution < 1.29 is 5.11 Å². The van der Waals surface area contributed by atoms with E-state index in [2.05, 4.69) is 24.8 Å². The van der Waals surface area contributed by atoms with E-state index in [4.69, 9.17) is 0 Å². The normalized spacial score (nSPS) is 31.1. The molecule has 1 fully saturated rings. The summed E-state index contributed by atoms with van der Waals surface area (Å²) >= 11 is 0. The number of fused-ring (bicyclic) bond motifs is 4. The van der Waals surface area contributed by atoms with Crippen LogP contribution in [0.15, 0.2) is 18.2 Å². The van der Waals surface area contributed by atoms with Crippen LogP contribution in [0, 0.1) is 5.92 Å². The molecule has 2 aliphatic rings. The third-order valence-electron chi connectivity index (χ3n) is 4.75. The van der Waals surface area contributed by atoms with Crippen molar-refractivity contribution in [3.63, 3.8) is 0 Å². The van der Waals surface area contributed by atoms with Gasteiger partial charge in [0.25, 0.3) is 0 Å². The highest BCUT2D eigenvalue weighted by molar-refractivity contribution is 5.40. The second-order valence-corrected chi connectivity index (χ2v) is 6.06. The number of rotatable bonds is 2. The minimum atomic E-state index is 0.426. The summed E-state index contributed by atoms with van der Waals surface area (Å²) in [6, 6.07) is 6.70. The number of nitrogens with zero attached hydrogens (tertiary/aromatic N) is 1. The van der Waals surface area contributed by atoms with Crippen LogP contribution in [0.5, 0.6) is 5.75 Å². The Morgan fingerprint density at radius 1 is 1.39 bits per heavy atom. The Bertz CT molecular complexity index is 443. The van der Waals surface area contributed by atoms with Crippen LogP contribution in [0.2, 0.25) is 0 Å². The lowest BCUT2D eigenvalue weighted by atomic mass is 9.71. The van der Waals surface area contributed by atoms with Crippen LogP contribution in [0.4, 0.5) is 0 Å². The van der Waals surface area contributed by atoms with Gasteiger partial charge in [0.15, 0.2) is 0 Å². The predicted octanol–water partition coefficient (Wildman–Crippen LogP) is 3.15. The quantitative estimate of drug-likeness (QED) is 0.865. The molecule has 1 aliphatic carbocycles. The smallest absolute Gasteiger partial charge is 0.115 e. The lowest BCUT2D eigenvalue weighted by Crippen LogP contribution is -2.49. The highest BCUT2D eigenvalue weighted by atomic mass is 16.3. The largest absolute Gasteiger partial charge is 0.508 e. The number of aromatic hydroxyl groups is 1. The molecule has 1 heterocycles. The summed E-state index contributed by atoms with van der Waals surface area (Å²) in [6.07, 6.45) is 3.69. The van der Waals surface area contributed by atoms with Crippen LogP contribution in [-0.2, 0) is 6.42 Å². The minimum absolute atomic E-state index is 0.426. The number of benzene rings is 1. The van der Waals surface area contributed by atoms with Crippen molar-refractivity contribution in [1.29, 1.82) is 0 Å². The Kier molecular flexibility index (Phi) is 3.06. The first-order valence-electron chi connectivity index (χ1n) is 7.25. The molecular formula is C16H23NO. The lowest BCUT2D eigenvalue weighted by Gasteiger charge is -2.47. The monoisotopic (exact) mass is 245 g/mol. The summed E-state index contributed by atoms with van der Waals surface area (Å²) < 4.78 is 0. The lowest BCUT2D eigenvalue weighted by molar-refractivity contribution is 0.0870. The molecule has 1 aromatic carbocycles. The second kappa shape index (κ2) is 4.58. The van der Waals surface area contributed by atoms with Crippen molar-refractivity contribution in [1.82, 2.24) is 4.90 Å². The van der Waals surface area contributed by atoms with Gasteiger partial charge in [0.2, 0.25) is 0 Å². The average molecular weight is 245 g/mol. The first kappa shape index (κ1) is 12.0. The van der Waals surface area contributed by atoms with Crippen molar-refractivity contribution in [2.45, 2.75) is 45.1 Å². The molecule has 3 rings (SSSR count). The summed E-state index contributed by atoms with van der Waals surface area (Å²) in [5.74, 6) is 1.78. The summed E-state index contributed by atoms with van der Waals surface area (Å²) in [6.45, 7) is 7.08. The van der Waals surface area contributed by atoms with Crippen LogP contribution in [-0.4, -0.2) is 29.1 Å². The van der Waals surface area contributed by atoms with Crippen LogP contribution in [0.3, 0.4) is 0 Å². The van der Waals surface area contributed by atoms with Gasteiger partial charge >= 0.3 is 0 Å². The number of phenols is 1. The molecule has 1 aromatic rings. The zero-order valence-electron chi connectivity index (χ0n) is 11.4. The summed E-state index contributed by atoms with van der Waals surface area (Å²) in [4.78, 5) is 2.68. The van der Waals surface area contributed by atoms with E-state index in [1.165, 1.54) is 43.5 Å². The van der Waals surface area contributed by atoms with Gasteiger partial charge in [-0.1, -0.05) is 19.9 Å². The van der Waals surface area contributed by atoms with E-state index in [9.17, 15) is 5.11 Å². The number of phenolic OH excluding ortho intramolecular Hbond substituents is 1. The maximum Gasteiger partial charge on any atom is 0.115 e. The fourth-order valence-corrected chi connectivity index (χ4v) is 3.89. The zero-order chi connectivity index (χ0) is 12.7. The molecule has 0 radical (unpaired) electrons. The number of hydrogen-bond donors (Lipinski definition) is 1. The van der Waals surface area contributed by atoms with Gasteiger partial charge in [0.1, 0.15) is 5.75 Å². The van der Waals surface area contributed by atoms with E-state index in [0.29, 0.717) is 17.6 Å². The van der Waals surface area contributed by atoms with E-state index in [1.54, 1.807) is 0 Å². The van der Waals surface area contributed by atoms with Crippen LogP contribution in [0.25, 0.3) is 0 Å². The van der Waals surface area contributed by atoms with Crippen LogP contribution >= 0.6 is 0 Å². The molecule has 1 N–H and O–H groups in total. The molecule has 2 heteroatoms. The molecule has 0 aromatic heterocycles. The Morgan fingerprint density at radius 2 is 2.22 bits per heavy atom. The van der Waals surface area contributed by atoms with Crippen molar-refractivity contribution >= 4 is 0 Å². The van der Waals surface area contributed by atoms with E-state index in [-0.39, 0.29) is 0 Å². The standard InChI is InChI=1S/C16H23NO/c1-3-6-17-10-11(2)15-8-13(17)7-12-4-5-14(18)9-16(12)15/h4-5,9,11,13,15,18H,3,6-8,10H2,1-2H3/t11-,13-,15+/m1/s1. The highest BCUT2D eigenvalue weighted by Crippen LogP contribution is 2.43. The molecule has 0 saturated carbocycles. The minimum Gasteiger partial charge on any atom is -0.508 e. The molecule has 2 bridgehead atoms. The van der Waals surface area contributed by atoms with Crippen molar-refractivity contribution in [3.05, 3.63) is 29.3 Å². The van der Waals surface area contributed by atoms with Gasteiger partial charge in [-0.15, -0.1) is 0 Å². The first-order chi connectivity index (χ1) is 8.69. The van der Waals surface area contributed by atoms with E-state index < -0.39 is 0 Å². The maximum atomic E-state index is 9.70. The zero-order valence-corrected chi connectivity index (χ0v) is 11.4. The van der Waals surface area contributed by atoms with Gasteiger partial charge in [-0.2, -0.15) is 0 Å². The molecule has 0 spiro atoms. The van der Waals surface area contributed by atoms with Gasteiger partial charge in [0.05, 0.1) is 0 Å². The van der Waals surface area contributed by atoms with E-state index in [0.717, 1.165) is 6.04 Å². The molecule has 0 amide bonds. The molecular weight excluding hydrogens is 222 g/mol. The van der Waals surface area contributed by atoms with Gasteiger partial charge in [-0.3, -0.25) is 4.90 Å². The fraction of sp³-hybridized carbons (Fsp3) is 0.625. The SMILES string of the molecule is CCCN1C[C@@H](C)[C@@H]2C[C@H]1Cc1ccc(O)cc12. The number of hydrogen-bond acceptors (Lipinski definition) is 2. The van der Waals surface area contributed by atoms with Crippen LogP contribution in [0.1, 0.15) is 43.7 Å². The first-order valence-corrected chi connectivity index (χ1v) is 7.25. The van der Waals surface area contributed by atoms with Gasteiger partial charge < -0.3 is 5.11 Å². The van der Waals surface area contributed by atoms with Gasteiger partial charge in [0, 0.05) is 12.6 Å². The van der Waals surface area contributed by atoms with E-state index >= 15 is 0 Å². The van der Waals surface area contributed by atoms with Crippen molar-refractivity contribution in [2.75, 3.05) is 13.1 Å². The average Bonchev–Trinajstić information content (AvgIpc) is 2.36. The Labute approximate surface area is 110 Å². The van der Waals surface area contributed by atoms with Crippen LogP contribution < -0.4 is 0 Å². The highest BCUT2D eigenvalue weighted by Gasteiger charge is 2.38. The molecule has 3 atom stereocenters. The Hall–Kier alpha value is -1.02. The summed E-state index contributed by atoms with van der Waals surface area (Å²) in [7, 11) is 0. The number of piperidine rings is 1. The Morgan fingerprint density at radius 3 is 3.00 bits per heavy atom. The predicted molar refractivity (Wildman–Crippen MR) is 74.0 cm³/mol. The Balaban J connectivity index is 1.94. The van der Waals surface area contributed by atoms with E-state index in [1.807, 2.05) is 12.1 Å². The third-order valence-corrected chi connectivity index (χ3v) is 4.75. The molecule has 18 heavy (non-hydrogen) atoms. The second-order valence-electron chi connectivity index (χ2n) is 6.06. The molecule has 1 aliphatic heterocycles. The summed E-state index contributed by atoms with van der Waals surface area (Å²) in [5, 5.41) is 9.70. The number of likely N-dealkylation sites (tertiary alicyclic amines) is 1. The maximum absolute atomic E-state index is 9.70.